The molecule has 1 aliphatic rings. The van der Waals surface area contributed by atoms with Crippen molar-refractivity contribution in [2.45, 2.75) is 32.4 Å². The number of aromatic nitrogens is 2. The SMILES string of the molecule is CN=C(C)/C(=C\N)c1ccc2c(=O)[nH]nc(CN)c2c1.N#Cc1cc(F)c(Cl)cc1OC1CC1. The van der Waals surface area contributed by atoms with Crippen LogP contribution < -0.4 is 21.8 Å². The van der Waals surface area contributed by atoms with E-state index in [9.17, 15) is 9.18 Å². The zero-order chi connectivity index (χ0) is 24.8. The summed E-state index contributed by atoms with van der Waals surface area (Å²) in [6.07, 6.45) is 3.65. The minimum absolute atomic E-state index is 0.0142. The number of ether oxygens (including phenoxy) is 1. The average molecular weight is 483 g/mol. The zero-order valence-corrected chi connectivity index (χ0v) is 19.5. The third-order valence-electron chi connectivity index (χ3n) is 5.22. The minimum atomic E-state index is -0.591. The van der Waals surface area contributed by atoms with Crippen LogP contribution in [0.2, 0.25) is 5.02 Å². The highest BCUT2D eigenvalue weighted by molar-refractivity contribution is 6.30. The van der Waals surface area contributed by atoms with Gasteiger partial charge in [-0.05, 0) is 43.5 Å². The van der Waals surface area contributed by atoms with Crippen LogP contribution in [0.4, 0.5) is 4.39 Å². The molecular weight excluding hydrogens is 459 g/mol. The van der Waals surface area contributed by atoms with Crippen molar-refractivity contribution in [3.63, 3.8) is 0 Å². The summed E-state index contributed by atoms with van der Waals surface area (Å²) < 4.78 is 18.4. The Labute approximate surface area is 200 Å². The first-order chi connectivity index (χ1) is 16.3. The molecule has 3 aromatic rings. The maximum atomic E-state index is 13.0. The fourth-order valence-corrected chi connectivity index (χ4v) is 3.32. The van der Waals surface area contributed by atoms with Crippen molar-refractivity contribution in [1.82, 2.24) is 10.2 Å². The molecule has 34 heavy (non-hydrogen) atoms. The molecule has 0 radical (unpaired) electrons. The number of benzene rings is 2. The van der Waals surface area contributed by atoms with E-state index in [4.69, 9.17) is 33.1 Å². The van der Waals surface area contributed by atoms with Crippen LogP contribution >= 0.6 is 11.6 Å². The van der Waals surface area contributed by atoms with Crippen LogP contribution in [0.25, 0.3) is 16.3 Å². The number of nitrogens with two attached hydrogens (primary N) is 2. The topological polar surface area (TPSA) is 143 Å². The number of aromatic amines is 1. The molecule has 0 bridgehead atoms. The number of hydrogen-bond donors (Lipinski definition) is 3. The molecular formula is C24H24ClFN6O2. The number of hydrogen-bond acceptors (Lipinski definition) is 7. The first-order valence-corrected chi connectivity index (χ1v) is 10.8. The number of fused-ring (bicyclic) bond motifs is 1. The first-order valence-electron chi connectivity index (χ1n) is 10.5. The second-order valence-electron chi connectivity index (χ2n) is 7.54. The van der Waals surface area contributed by atoms with Gasteiger partial charge in [-0.3, -0.25) is 9.79 Å². The quantitative estimate of drug-likeness (QED) is 0.473. The maximum absolute atomic E-state index is 13.0. The lowest BCUT2D eigenvalue weighted by atomic mass is 9.99. The monoisotopic (exact) mass is 482 g/mol. The van der Waals surface area contributed by atoms with E-state index in [0.29, 0.717) is 16.8 Å². The molecule has 0 saturated heterocycles. The normalized spacial score (nSPS) is 13.8. The summed E-state index contributed by atoms with van der Waals surface area (Å²) in [6.45, 7) is 2.13. The van der Waals surface area contributed by atoms with Crippen LogP contribution in [-0.2, 0) is 6.54 Å². The average Bonchev–Trinajstić information content (AvgIpc) is 3.66. The van der Waals surface area contributed by atoms with Crippen molar-refractivity contribution in [1.29, 1.82) is 5.26 Å². The van der Waals surface area contributed by atoms with Crippen LogP contribution in [0.15, 0.2) is 46.3 Å². The number of halogens is 2. The summed E-state index contributed by atoms with van der Waals surface area (Å²) in [7, 11) is 1.71. The molecule has 1 heterocycles. The second kappa shape index (κ2) is 10.9. The predicted octanol–water partition coefficient (Wildman–Crippen LogP) is 3.66. The van der Waals surface area contributed by atoms with Crippen molar-refractivity contribution in [3.8, 4) is 11.8 Å². The Kier molecular flexibility index (Phi) is 7.99. The molecule has 10 heteroatoms. The molecule has 0 spiro atoms. The summed E-state index contributed by atoms with van der Waals surface area (Å²) in [6, 6.07) is 9.78. The standard InChI is InChI=1S/C14H17N5O.C10H7ClFNO/c1-8(17-2)12(6-15)9-3-4-10-11(5-9)13(7-16)18-19-14(10)20;11-8-4-10(14-7-1-2-7)6(5-13)3-9(8)12/h3-6H,7,15-16H2,1-2H3,(H,19,20);3-4,7H,1-2H2/b12-6+,17-8?;. The van der Waals surface area contributed by atoms with Gasteiger partial charge in [0.2, 0.25) is 0 Å². The van der Waals surface area contributed by atoms with Gasteiger partial charge in [-0.1, -0.05) is 17.7 Å². The zero-order valence-electron chi connectivity index (χ0n) is 18.7. The molecule has 4 rings (SSSR count). The van der Waals surface area contributed by atoms with Crippen molar-refractivity contribution in [2.75, 3.05) is 7.05 Å². The number of H-pyrrole nitrogens is 1. The maximum Gasteiger partial charge on any atom is 0.272 e. The number of allylic oxidation sites excluding steroid dienone is 1. The van der Waals surface area contributed by atoms with Crippen LogP contribution in [0.1, 0.15) is 36.6 Å². The van der Waals surface area contributed by atoms with Crippen molar-refractivity contribution in [2.24, 2.45) is 16.5 Å². The van der Waals surface area contributed by atoms with Crippen molar-refractivity contribution >= 4 is 33.7 Å². The van der Waals surface area contributed by atoms with E-state index in [1.54, 1.807) is 13.1 Å². The summed E-state index contributed by atoms with van der Waals surface area (Å²) >= 11 is 5.58. The van der Waals surface area contributed by atoms with Crippen LogP contribution in [-0.4, -0.2) is 29.1 Å². The summed E-state index contributed by atoms with van der Waals surface area (Å²) in [4.78, 5) is 15.9. The van der Waals surface area contributed by atoms with Gasteiger partial charge in [0.05, 0.1) is 27.8 Å². The van der Waals surface area contributed by atoms with Gasteiger partial charge in [-0.2, -0.15) is 10.4 Å². The fraction of sp³-hybridized carbons (Fsp3) is 0.250. The molecule has 1 saturated carbocycles. The first kappa shape index (κ1) is 24.9. The van der Waals surface area contributed by atoms with E-state index >= 15 is 0 Å². The van der Waals surface area contributed by atoms with Gasteiger partial charge in [0.25, 0.3) is 5.56 Å². The van der Waals surface area contributed by atoms with Crippen LogP contribution in [0, 0.1) is 17.1 Å². The molecule has 1 aromatic heterocycles. The van der Waals surface area contributed by atoms with E-state index in [-0.39, 0.29) is 28.8 Å². The van der Waals surface area contributed by atoms with Gasteiger partial charge in [-0.25, -0.2) is 9.49 Å². The van der Waals surface area contributed by atoms with Gasteiger partial charge in [0.15, 0.2) is 0 Å². The number of aliphatic imine (C=N–C) groups is 1. The third kappa shape index (κ3) is 5.60. The van der Waals surface area contributed by atoms with E-state index in [0.717, 1.165) is 41.1 Å². The Morgan fingerprint density at radius 2 is 2.12 bits per heavy atom. The highest BCUT2D eigenvalue weighted by Gasteiger charge is 2.25. The van der Waals surface area contributed by atoms with Crippen molar-refractivity contribution < 1.29 is 9.13 Å². The lowest BCUT2D eigenvalue weighted by Gasteiger charge is -2.09. The lowest BCUT2D eigenvalue weighted by Crippen LogP contribution is -2.13. The number of nitrogens with zero attached hydrogens (tertiary/aromatic N) is 3. The third-order valence-corrected chi connectivity index (χ3v) is 5.51. The smallest absolute Gasteiger partial charge is 0.272 e. The van der Waals surface area contributed by atoms with E-state index in [2.05, 4.69) is 15.2 Å². The largest absolute Gasteiger partial charge is 0.489 e. The number of rotatable bonds is 5. The van der Waals surface area contributed by atoms with E-state index in [1.807, 2.05) is 25.1 Å². The molecule has 8 nitrogen and oxygen atoms in total. The van der Waals surface area contributed by atoms with Crippen molar-refractivity contribution in [3.05, 3.63) is 74.5 Å². The minimum Gasteiger partial charge on any atom is -0.489 e. The van der Waals surface area contributed by atoms with Crippen LogP contribution in [0.3, 0.4) is 0 Å². The second-order valence-corrected chi connectivity index (χ2v) is 7.95. The highest BCUT2D eigenvalue weighted by Crippen LogP contribution is 2.32. The molecule has 176 valence electrons. The molecule has 0 atom stereocenters. The molecule has 1 aliphatic carbocycles. The molecule has 0 unspecified atom stereocenters. The van der Waals surface area contributed by atoms with Gasteiger partial charge < -0.3 is 16.2 Å². The highest BCUT2D eigenvalue weighted by atomic mass is 35.5. The van der Waals surface area contributed by atoms with Crippen LogP contribution in [0.5, 0.6) is 5.75 Å². The summed E-state index contributed by atoms with van der Waals surface area (Å²) in [5.41, 5.74) is 14.5. The Bertz CT molecular complexity index is 1370. The Morgan fingerprint density at radius 3 is 2.71 bits per heavy atom. The van der Waals surface area contributed by atoms with Gasteiger partial charge in [0, 0.05) is 42.5 Å². The molecule has 0 aliphatic heterocycles. The Morgan fingerprint density at radius 1 is 1.38 bits per heavy atom. The molecule has 2 aromatic carbocycles. The van der Waals surface area contributed by atoms with E-state index in [1.165, 1.54) is 12.3 Å². The number of nitriles is 1. The van der Waals surface area contributed by atoms with Gasteiger partial charge in [0.1, 0.15) is 17.6 Å². The molecule has 1 fully saturated rings. The Hall–Kier alpha value is -3.74. The summed E-state index contributed by atoms with van der Waals surface area (Å²) in [5, 5.41) is 16.4. The lowest BCUT2D eigenvalue weighted by molar-refractivity contribution is 0.302. The molecule has 0 amide bonds. The van der Waals surface area contributed by atoms with E-state index < -0.39 is 5.82 Å². The van der Waals surface area contributed by atoms with Gasteiger partial charge in [-0.15, -0.1) is 0 Å². The molecule has 5 N–H and O–H groups in total. The van der Waals surface area contributed by atoms with Gasteiger partial charge >= 0.3 is 0 Å². The fourth-order valence-electron chi connectivity index (χ4n) is 3.17. The Balaban J connectivity index is 0.000000202. The number of nitrogens with one attached hydrogen (secondary N) is 1. The summed E-state index contributed by atoms with van der Waals surface area (Å²) in [5.74, 6) is -0.215. The predicted molar refractivity (Wildman–Crippen MR) is 131 cm³/mol.